The Labute approximate surface area is 124 Å². The van der Waals surface area contributed by atoms with Crippen molar-refractivity contribution in [2.75, 3.05) is 13.2 Å². The number of nitrogens with zero attached hydrogens (tertiary/aromatic N) is 1. The van der Waals surface area contributed by atoms with Crippen LogP contribution < -0.4 is 10.1 Å². The van der Waals surface area contributed by atoms with Crippen LogP contribution in [0.4, 0.5) is 0 Å². The summed E-state index contributed by atoms with van der Waals surface area (Å²) in [5, 5.41) is 2.97. The molecule has 0 spiro atoms. The molecule has 0 aliphatic carbocycles. The molecule has 0 radical (unpaired) electrons. The molecule has 1 aliphatic rings. The van der Waals surface area contributed by atoms with Gasteiger partial charge in [-0.15, -0.1) is 0 Å². The molecular weight excluding hydrogens is 264 g/mol. The van der Waals surface area contributed by atoms with E-state index in [-0.39, 0.29) is 11.8 Å². The Balaban J connectivity index is 1.50. The van der Waals surface area contributed by atoms with Gasteiger partial charge in [-0.05, 0) is 30.2 Å². The number of carbonyl (C=O) groups excluding carboxylic acids is 1. The van der Waals surface area contributed by atoms with Crippen molar-refractivity contribution in [2.24, 2.45) is 5.92 Å². The Morgan fingerprint density at radius 3 is 2.95 bits per heavy atom. The van der Waals surface area contributed by atoms with Gasteiger partial charge in [0.1, 0.15) is 12.4 Å². The van der Waals surface area contributed by atoms with Gasteiger partial charge in [0.15, 0.2) is 0 Å². The first-order valence-corrected chi connectivity index (χ1v) is 7.21. The van der Waals surface area contributed by atoms with Crippen molar-refractivity contribution in [1.29, 1.82) is 0 Å². The van der Waals surface area contributed by atoms with Crippen LogP contribution in [0.5, 0.6) is 5.75 Å². The highest BCUT2D eigenvalue weighted by molar-refractivity contribution is 5.79. The summed E-state index contributed by atoms with van der Waals surface area (Å²) in [6.45, 7) is 1.06. The van der Waals surface area contributed by atoms with Crippen molar-refractivity contribution in [3.63, 3.8) is 0 Å². The summed E-state index contributed by atoms with van der Waals surface area (Å²) >= 11 is 0. The predicted molar refractivity (Wildman–Crippen MR) is 80.1 cm³/mol. The SMILES string of the molecule is O=C(NCCc1ccccn1)C1COc2ccccc2C1. The maximum Gasteiger partial charge on any atom is 0.226 e. The van der Waals surface area contributed by atoms with Gasteiger partial charge in [0.05, 0.1) is 5.92 Å². The van der Waals surface area contributed by atoms with E-state index in [1.54, 1.807) is 6.20 Å². The number of para-hydroxylation sites is 1. The zero-order valence-electron chi connectivity index (χ0n) is 11.8. The first-order chi connectivity index (χ1) is 10.3. The summed E-state index contributed by atoms with van der Waals surface area (Å²) in [5.74, 6) is 0.846. The lowest BCUT2D eigenvalue weighted by atomic mass is 9.96. The lowest BCUT2D eigenvalue weighted by Gasteiger charge is -2.24. The van der Waals surface area contributed by atoms with Crippen LogP contribution in [0.25, 0.3) is 0 Å². The van der Waals surface area contributed by atoms with Gasteiger partial charge in [-0.3, -0.25) is 9.78 Å². The van der Waals surface area contributed by atoms with Gasteiger partial charge >= 0.3 is 0 Å². The normalized spacial score (nSPS) is 16.7. The van der Waals surface area contributed by atoms with Crippen LogP contribution in [0.2, 0.25) is 0 Å². The molecule has 21 heavy (non-hydrogen) atoms. The first kappa shape index (κ1) is 13.6. The first-order valence-electron chi connectivity index (χ1n) is 7.21. The Kier molecular flexibility index (Phi) is 4.15. The minimum Gasteiger partial charge on any atom is -0.492 e. The van der Waals surface area contributed by atoms with Crippen LogP contribution in [0.15, 0.2) is 48.7 Å². The Morgan fingerprint density at radius 1 is 1.24 bits per heavy atom. The third-order valence-electron chi connectivity index (χ3n) is 3.66. The fourth-order valence-corrected chi connectivity index (χ4v) is 2.50. The van der Waals surface area contributed by atoms with E-state index < -0.39 is 0 Å². The summed E-state index contributed by atoms with van der Waals surface area (Å²) < 4.78 is 5.65. The van der Waals surface area contributed by atoms with Crippen molar-refractivity contribution >= 4 is 5.91 Å². The molecule has 4 nitrogen and oxygen atoms in total. The molecule has 0 saturated carbocycles. The highest BCUT2D eigenvalue weighted by atomic mass is 16.5. The maximum absolute atomic E-state index is 12.2. The van der Waals surface area contributed by atoms with E-state index in [0.29, 0.717) is 13.2 Å². The van der Waals surface area contributed by atoms with Crippen molar-refractivity contribution in [3.05, 3.63) is 59.9 Å². The second-order valence-corrected chi connectivity index (χ2v) is 5.18. The molecule has 1 amide bonds. The topological polar surface area (TPSA) is 51.2 Å². The smallest absolute Gasteiger partial charge is 0.226 e. The highest BCUT2D eigenvalue weighted by Crippen LogP contribution is 2.26. The van der Waals surface area contributed by atoms with E-state index in [1.165, 1.54) is 0 Å². The fraction of sp³-hybridized carbons (Fsp3) is 0.294. The van der Waals surface area contributed by atoms with Crippen LogP contribution >= 0.6 is 0 Å². The number of hydrogen-bond donors (Lipinski definition) is 1. The lowest BCUT2D eigenvalue weighted by Crippen LogP contribution is -2.38. The van der Waals surface area contributed by atoms with Crippen molar-refractivity contribution in [1.82, 2.24) is 10.3 Å². The number of benzene rings is 1. The zero-order valence-corrected chi connectivity index (χ0v) is 11.8. The number of ether oxygens (including phenoxy) is 1. The van der Waals surface area contributed by atoms with Crippen molar-refractivity contribution in [2.45, 2.75) is 12.8 Å². The highest BCUT2D eigenvalue weighted by Gasteiger charge is 2.25. The van der Waals surface area contributed by atoms with E-state index in [0.717, 1.165) is 29.8 Å². The minimum atomic E-state index is -0.108. The summed E-state index contributed by atoms with van der Waals surface area (Å²) in [5.41, 5.74) is 2.09. The molecule has 108 valence electrons. The van der Waals surface area contributed by atoms with Crippen LogP contribution in [0.3, 0.4) is 0 Å². The summed E-state index contributed by atoms with van der Waals surface area (Å²) in [4.78, 5) is 16.4. The molecule has 3 rings (SSSR count). The van der Waals surface area contributed by atoms with Crippen LogP contribution in [0, 0.1) is 5.92 Å². The number of carbonyl (C=O) groups is 1. The Bertz CT molecular complexity index is 613. The molecule has 1 unspecified atom stereocenters. The van der Waals surface area contributed by atoms with Crippen molar-refractivity contribution in [3.8, 4) is 5.75 Å². The van der Waals surface area contributed by atoms with Gasteiger partial charge < -0.3 is 10.1 Å². The van der Waals surface area contributed by atoms with Crippen LogP contribution in [0.1, 0.15) is 11.3 Å². The quantitative estimate of drug-likeness (QED) is 0.933. The van der Waals surface area contributed by atoms with Gasteiger partial charge in [0.25, 0.3) is 0 Å². The van der Waals surface area contributed by atoms with Crippen LogP contribution in [-0.2, 0) is 17.6 Å². The number of rotatable bonds is 4. The second kappa shape index (κ2) is 6.39. The Hall–Kier alpha value is -2.36. The van der Waals surface area contributed by atoms with Gasteiger partial charge in [0, 0.05) is 24.9 Å². The van der Waals surface area contributed by atoms with Gasteiger partial charge in [-0.1, -0.05) is 24.3 Å². The number of amides is 1. The molecule has 2 aromatic rings. The molecule has 2 heterocycles. The third kappa shape index (κ3) is 3.40. The van der Waals surface area contributed by atoms with Crippen molar-refractivity contribution < 1.29 is 9.53 Å². The van der Waals surface area contributed by atoms with E-state index in [2.05, 4.69) is 10.3 Å². The lowest BCUT2D eigenvalue weighted by molar-refractivity contribution is -0.126. The maximum atomic E-state index is 12.2. The minimum absolute atomic E-state index is 0.0560. The largest absolute Gasteiger partial charge is 0.492 e. The fourth-order valence-electron chi connectivity index (χ4n) is 2.50. The molecule has 1 N–H and O–H groups in total. The Morgan fingerprint density at radius 2 is 2.10 bits per heavy atom. The molecule has 0 fully saturated rings. The molecule has 1 aromatic carbocycles. The standard InChI is InChI=1S/C17H18N2O2/c20-17(19-10-8-15-6-3-4-9-18-15)14-11-13-5-1-2-7-16(13)21-12-14/h1-7,9,14H,8,10-12H2,(H,19,20). The number of hydrogen-bond acceptors (Lipinski definition) is 3. The summed E-state index contributed by atoms with van der Waals surface area (Å²) in [6, 6.07) is 13.7. The van der Waals surface area contributed by atoms with E-state index in [1.807, 2.05) is 42.5 Å². The summed E-state index contributed by atoms with van der Waals surface area (Å²) in [7, 11) is 0. The molecule has 1 atom stereocenters. The van der Waals surface area contributed by atoms with Gasteiger partial charge in [0.2, 0.25) is 5.91 Å². The number of fused-ring (bicyclic) bond motifs is 1. The second-order valence-electron chi connectivity index (χ2n) is 5.18. The zero-order chi connectivity index (χ0) is 14.5. The average molecular weight is 282 g/mol. The predicted octanol–water partition coefficient (Wildman–Crippen LogP) is 1.99. The molecule has 4 heteroatoms. The molecule has 1 aromatic heterocycles. The molecule has 0 saturated heterocycles. The van der Waals surface area contributed by atoms with Gasteiger partial charge in [-0.25, -0.2) is 0 Å². The molecule has 1 aliphatic heterocycles. The molecule has 0 bridgehead atoms. The average Bonchev–Trinajstić information content (AvgIpc) is 2.55. The van der Waals surface area contributed by atoms with E-state index in [4.69, 9.17) is 4.74 Å². The third-order valence-corrected chi connectivity index (χ3v) is 3.66. The van der Waals surface area contributed by atoms with Gasteiger partial charge in [-0.2, -0.15) is 0 Å². The number of nitrogens with one attached hydrogen (secondary N) is 1. The van der Waals surface area contributed by atoms with E-state index in [9.17, 15) is 4.79 Å². The van der Waals surface area contributed by atoms with E-state index >= 15 is 0 Å². The monoisotopic (exact) mass is 282 g/mol. The van der Waals surface area contributed by atoms with Crippen LogP contribution in [-0.4, -0.2) is 24.0 Å². The summed E-state index contributed by atoms with van der Waals surface area (Å²) in [6.07, 6.45) is 3.26. The number of aromatic nitrogens is 1. The molecular formula is C17H18N2O2. The number of pyridine rings is 1.